The zero-order chi connectivity index (χ0) is 20.6. The maximum atomic E-state index is 12.0. The first kappa shape index (κ1) is 20.9. The highest BCUT2D eigenvalue weighted by atomic mass is 16.8. The van der Waals surface area contributed by atoms with Gasteiger partial charge in [0, 0.05) is 11.5 Å². The Kier molecular flexibility index (Phi) is 6.15. The van der Waals surface area contributed by atoms with Gasteiger partial charge in [-0.3, -0.25) is 4.79 Å². The van der Waals surface area contributed by atoms with Crippen molar-refractivity contribution < 1.29 is 54.1 Å². The van der Waals surface area contributed by atoms with E-state index in [1.807, 2.05) is 0 Å². The first-order valence-electron chi connectivity index (χ1n) is 8.58. The molecule has 1 saturated heterocycles. The van der Waals surface area contributed by atoms with Gasteiger partial charge in [0.15, 0.2) is 6.29 Å². The Morgan fingerprint density at radius 2 is 1.86 bits per heavy atom. The molecule has 9 atom stereocenters. The molecular weight excluding hydrogens is 380 g/mol. The number of hydrogen-bond donors (Lipinski definition) is 5. The fourth-order valence-corrected chi connectivity index (χ4v) is 3.69. The Morgan fingerprint density at radius 1 is 1.14 bits per heavy atom. The molecule has 1 fully saturated rings. The van der Waals surface area contributed by atoms with Gasteiger partial charge in [-0.05, 0) is 6.08 Å². The van der Waals surface area contributed by atoms with Gasteiger partial charge in [-0.25, -0.2) is 4.79 Å². The van der Waals surface area contributed by atoms with Gasteiger partial charge in [-0.2, -0.15) is 0 Å². The van der Waals surface area contributed by atoms with Crippen LogP contribution in [0.1, 0.15) is 0 Å². The van der Waals surface area contributed by atoms with Crippen molar-refractivity contribution in [1.29, 1.82) is 0 Å². The summed E-state index contributed by atoms with van der Waals surface area (Å²) in [5.41, 5.74) is 0.114. The van der Waals surface area contributed by atoms with E-state index in [0.717, 1.165) is 13.4 Å². The number of methoxy groups -OCH3 is 1. The zero-order valence-corrected chi connectivity index (χ0v) is 14.8. The fourth-order valence-electron chi connectivity index (χ4n) is 3.69. The van der Waals surface area contributed by atoms with Gasteiger partial charge in [0.1, 0.15) is 30.7 Å². The molecule has 11 nitrogen and oxygen atoms in total. The molecule has 11 heteroatoms. The molecule has 0 spiro atoms. The minimum absolute atomic E-state index is 0.00162. The minimum atomic E-state index is -1.68. The van der Waals surface area contributed by atoms with E-state index in [0.29, 0.717) is 6.29 Å². The van der Waals surface area contributed by atoms with Gasteiger partial charge >= 0.3 is 5.97 Å². The Morgan fingerprint density at radius 3 is 2.46 bits per heavy atom. The molecule has 0 aromatic rings. The third-order valence-electron chi connectivity index (χ3n) is 5.16. The largest absolute Gasteiger partial charge is 0.471 e. The van der Waals surface area contributed by atoms with Crippen LogP contribution in [0.2, 0.25) is 0 Å². The van der Waals surface area contributed by atoms with Crippen molar-refractivity contribution in [3.63, 3.8) is 0 Å². The summed E-state index contributed by atoms with van der Waals surface area (Å²) in [6.45, 7) is -0.646. The molecular formula is C17H22O11. The van der Waals surface area contributed by atoms with Gasteiger partial charge in [0.25, 0.3) is 0 Å². The Hall–Kier alpha value is -1.86. The molecule has 2 heterocycles. The second-order valence-electron chi connectivity index (χ2n) is 6.73. The molecule has 0 bridgehead atoms. The monoisotopic (exact) mass is 402 g/mol. The third-order valence-corrected chi connectivity index (χ3v) is 5.16. The van der Waals surface area contributed by atoms with Gasteiger partial charge in [-0.15, -0.1) is 0 Å². The molecule has 156 valence electrons. The van der Waals surface area contributed by atoms with Crippen molar-refractivity contribution in [2.75, 3.05) is 13.7 Å². The number of carbonyl (C=O) groups excluding carboxylic acids is 2. The van der Waals surface area contributed by atoms with Crippen LogP contribution in [-0.2, 0) is 28.5 Å². The summed E-state index contributed by atoms with van der Waals surface area (Å²) < 4.78 is 20.9. The van der Waals surface area contributed by atoms with E-state index in [1.165, 1.54) is 6.08 Å². The number of ether oxygens (including phenoxy) is 4. The summed E-state index contributed by atoms with van der Waals surface area (Å²) in [5.74, 6) is -2.56. The van der Waals surface area contributed by atoms with Crippen LogP contribution in [0.4, 0.5) is 0 Å². The van der Waals surface area contributed by atoms with Crippen molar-refractivity contribution >= 4 is 12.3 Å². The van der Waals surface area contributed by atoms with Crippen LogP contribution in [0.15, 0.2) is 23.5 Å². The first-order chi connectivity index (χ1) is 13.3. The number of fused-ring (bicyclic) bond motifs is 1. The topological polar surface area (TPSA) is 172 Å². The van der Waals surface area contributed by atoms with Crippen molar-refractivity contribution in [1.82, 2.24) is 0 Å². The minimum Gasteiger partial charge on any atom is -0.471 e. The van der Waals surface area contributed by atoms with Gasteiger partial charge in [0.2, 0.25) is 6.29 Å². The number of esters is 1. The predicted octanol–water partition coefficient (Wildman–Crippen LogP) is -3.05. The summed E-state index contributed by atoms with van der Waals surface area (Å²) in [6.07, 6.45) is -7.28. The fraction of sp³-hybridized carbons (Fsp3) is 0.647. The third kappa shape index (κ3) is 3.46. The number of aliphatic hydroxyl groups is 5. The van der Waals surface area contributed by atoms with Crippen LogP contribution >= 0.6 is 0 Å². The van der Waals surface area contributed by atoms with Crippen molar-refractivity contribution in [2.24, 2.45) is 11.8 Å². The standard InChI is InChI=1S/C17H22O11/c1-25-15(24)7-5-26-16(10-6(3-18)2-8(20)11(7)10)28-17-14(23)13(22)12(21)9(4-19)27-17/h2-3,5,8-14,16-17,19-23H,4H2,1H3/t8-,9+,10+,11-,12+,13-,14+,16+,17-/m0/s1. The maximum absolute atomic E-state index is 12.0. The average Bonchev–Trinajstić information content (AvgIpc) is 3.05. The Bertz CT molecular complexity index is 672. The summed E-state index contributed by atoms with van der Waals surface area (Å²) in [7, 11) is 1.16. The first-order valence-corrected chi connectivity index (χ1v) is 8.58. The van der Waals surface area contributed by atoms with Crippen LogP contribution < -0.4 is 0 Å². The van der Waals surface area contributed by atoms with E-state index in [4.69, 9.17) is 14.2 Å². The van der Waals surface area contributed by atoms with E-state index in [1.54, 1.807) is 0 Å². The average molecular weight is 402 g/mol. The highest BCUT2D eigenvalue weighted by Crippen LogP contribution is 2.44. The van der Waals surface area contributed by atoms with Crippen LogP contribution in [0.3, 0.4) is 0 Å². The summed E-state index contributed by atoms with van der Waals surface area (Å²) >= 11 is 0. The second kappa shape index (κ2) is 8.25. The number of carbonyl (C=O) groups is 2. The number of aliphatic hydroxyl groups excluding tert-OH is 5. The quantitative estimate of drug-likeness (QED) is 0.234. The van der Waals surface area contributed by atoms with Crippen molar-refractivity contribution in [2.45, 2.75) is 43.1 Å². The SMILES string of the molecule is COC(=O)C1=CO[C@H](O[C@@H]2O[C@H](CO)[C@@H](O)[C@H](O)[C@H]2O)[C@@H]2C(C=O)=C[C@H](O)[C@H]12. The number of hydrogen-bond acceptors (Lipinski definition) is 11. The van der Waals surface area contributed by atoms with Gasteiger partial charge in [-0.1, -0.05) is 0 Å². The Labute approximate surface area is 159 Å². The predicted molar refractivity (Wildman–Crippen MR) is 87.0 cm³/mol. The summed E-state index contributed by atoms with van der Waals surface area (Å²) in [4.78, 5) is 23.4. The lowest BCUT2D eigenvalue weighted by molar-refractivity contribution is -0.339. The smallest absolute Gasteiger partial charge is 0.337 e. The molecule has 0 aromatic carbocycles. The lowest BCUT2D eigenvalue weighted by atomic mass is 9.82. The molecule has 3 aliphatic rings. The highest BCUT2D eigenvalue weighted by molar-refractivity contribution is 5.90. The summed E-state index contributed by atoms with van der Waals surface area (Å²) in [6, 6.07) is 0. The van der Waals surface area contributed by atoms with E-state index >= 15 is 0 Å². The van der Waals surface area contributed by atoms with Crippen molar-refractivity contribution in [3.05, 3.63) is 23.5 Å². The molecule has 0 unspecified atom stereocenters. The molecule has 1 aliphatic carbocycles. The molecule has 0 radical (unpaired) electrons. The van der Waals surface area contributed by atoms with Crippen LogP contribution in [0.25, 0.3) is 0 Å². The molecule has 28 heavy (non-hydrogen) atoms. The van der Waals surface area contributed by atoms with E-state index in [-0.39, 0.29) is 11.1 Å². The summed E-state index contributed by atoms with van der Waals surface area (Å²) in [5, 5.41) is 49.4. The normalized spacial score (nSPS) is 42.7. The lowest BCUT2D eigenvalue weighted by Crippen LogP contribution is -2.60. The van der Waals surface area contributed by atoms with Crippen molar-refractivity contribution in [3.8, 4) is 0 Å². The highest BCUT2D eigenvalue weighted by Gasteiger charge is 2.52. The molecule has 0 aromatic heterocycles. The van der Waals surface area contributed by atoms with E-state index < -0.39 is 67.5 Å². The van der Waals surface area contributed by atoms with Crippen LogP contribution in [-0.4, -0.2) is 94.6 Å². The second-order valence-corrected chi connectivity index (χ2v) is 6.73. The van der Waals surface area contributed by atoms with Gasteiger partial charge in [0.05, 0.1) is 37.6 Å². The van der Waals surface area contributed by atoms with E-state index in [2.05, 4.69) is 4.74 Å². The molecule has 3 rings (SSSR count). The van der Waals surface area contributed by atoms with Gasteiger partial charge < -0.3 is 44.5 Å². The molecule has 2 aliphatic heterocycles. The zero-order valence-electron chi connectivity index (χ0n) is 14.8. The number of rotatable bonds is 5. The van der Waals surface area contributed by atoms with E-state index in [9.17, 15) is 35.1 Å². The molecule has 0 saturated carbocycles. The van der Waals surface area contributed by atoms with Crippen LogP contribution in [0, 0.1) is 11.8 Å². The number of aldehydes is 1. The van der Waals surface area contributed by atoms with Crippen LogP contribution in [0.5, 0.6) is 0 Å². The maximum Gasteiger partial charge on any atom is 0.337 e. The molecule has 5 N–H and O–H groups in total. The Balaban J connectivity index is 1.85. The molecule has 0 amide bonds. The lowest BCUT2D eigenvalue weighted by Gasteiger charge is -2.42.